The second kappa shape index (κ2) is 5.53. The third-order valence-corrected chi connectivity index (χ3v) is 4.96. The predicted octanol–water partition coefficient (Wildman–Crippen LogP) is 2.14. The van der Waals surface area contributed by atoms with Gasteiger partial charge in [-0.05, 0) is 17.7 Å². The van der Waals surface area contributed by atoms with E-state index in [-0.39, 0.29) is 11.4 Å². The number of cyclic esters (lactones) is 1. The quantitative estimate of drug-likeness (QED) is 0.780. The molecule has 0 atom stereocenters. The summed E-state index contributed by atoms with van der Waals surface area (Å²) in [5.41, 5.74) is 0.751. The summed E-state index contributed by atoms with van der Waals surface area (Å²) in [5, 5.41) is 1.02. The topological polar surface area (TPSA) is 67.8 Å². The summed E-state index contributed by atoms with van der Waals surface area (Å²) in [6, 6.07) is 1.87. The van der Waals surface area contributed by atoms with Crippen LogP contribution in [0.15, 0.2) is 6.07 Å². The molecule has 7 nitrogen and oxygen atoms in total. The molecule has 0 spiro atoms. The maximum atomic E-state index is 11.7. The Morgan fingerprint density at radius 2 is 2.00 bits per heavy atom. The highest BCUT2D eigenvalue weighted by molar-refractivity contribution is 7.23. The molecule has 1 amide bonds. The standard InChI is InChI=1S/C13H13ClN4O3S/c14-12-15-8-7-9(18-3-6-21-13(18)19)22-10(8)11(16-12)17-1-4-20-5-2-17/h7H,1-6H2. The zero-order valence-electron chi connectivity index (χ0n) is 11.6. The fourth-order valence-corrected chi connectivity index (χ4v) is 3.89. The number of halogens is 1. The van der Waals surface area contributed by atoms with Gasteiger partial charge < -0.3 is 14.4 Å². The molecule has 2 aromatic heterocycles. The molecule has 2 saturated heterocycles. The summed E-state index contributed by atoms with van der Waals surface area (Å²) in [4.78, 5) is 24.1. The minimum absolute atomic E-state index is 0.211. The first-order valence-electron chi connectivity index (χ1n) is 6.96. The van der Waals surface area contributed by atoms with Gasteiger partial charge in [-0.15, -0.1) is 11.3 Å². The first-order valence-corrected chi connectivity index (χ1v) is 8.16. The highest BCUT2D eigenvalue weighted by Crippen LogP contribution is 2.38. The first kappa shape index (κ1) is 14.0. The second-order valence-corrected chi connectivity index (χ2v) is 6.35. The molecule has 0 aromatic carbocycles. The van der Waals surface area contributed by atoms with Crippen LogP contribution in [0.1, 0.15) is 0 Å². The number of aromatic nitrogens is 2. The molecule has 0 saturated carbocycles. The number of carbonyl (C=O) groups is 1. The maximum absolute atomic E-state index is 11.7. The zero-order valence-corrected chi connectivity index (χ0v) is 13.2. The van der Waals surface area contributed by atoms with E-state index in [4.69, 9.17) is 21.1 Å². The summed E-state index contributed by atoms with van der Waals surface area (Å²) >= 11 is 7.55. The van der Waals surface area contributed by atoms with Crippen molar-refractivity contribution in [1.29, 1.82) is 0 Å². The molecule has 22 heavy (non-hydrogen) atoms. The number of ether oxygens (including phenoxy) is 2. The predicted molar refractivity (Wildman–Crippen MR) is 84.2 cm³/mol. The number of anilines is 2. The van der Waals surface area contributed by atoms with Crippen molar-refractivity contribution in [1.82, 2.24) is 9.97 Å². The van der Waals surface area contributed by atoms with Gasteiger partial charge in [0.2, 0.25) is 5.28 Å². The molecular weight excluding hydrogens is 328 g/mol. The Balaban J connectivity index is 1.79. The lowest BCUT2D eigenvalue weighted by molar-refractivity contribution is 0.122. The van der Waals surface area contributed by atoms with Crippen molar-refractivity contribution in [3.05, 3.63) is 11.3 Å². The molecule has 0 radical (unpaired) electrons. The van der Waals surface area contributed by atoms with Crippen LogP contribution in [0.3, 0.4) is 0 Å². The van der Waals surface area contributed by atoms with Gasteiger partial charge in [0.15, 0.2) is 5.82 Å². The van der Waals surface area contributed by atoms with E-state index in [0.717, 1.165) is 34.1 Å². The van der Waals surface area contributed by atoms with E-state index in [9.17, 15) is 4.79 Å². The van der Waals surface area contributed by atoms with Crippen LogP contribution in [-0.4, -0.2) is 55.5 Å². The zero-order chi connectivity index (χ0) is 15.1. The van der Waals surface area contributed by atoms with E-state index in [1.54, 1.807) is 4.90 Å². The van der Waals surface area contributed by atoms with Crippen LogP contribution in [0.25, 0.3) is 10.2 Å². The number of hydrogen-bond acceptors (Lipinski definition) is 7. The number of morpholine rings is 1. The fraction of sp³-hybridized carbons (Fsp3) is 0.462. The molecule has 4 rings (SSSR count). The van der Waals surface area contributed by atoms with Crippen molar-refractivity contribution in [2.24, 2.45) is 0 Å². The monoisotopic (exact) mass is 340 g/mol. The van der Waals surface area contributed by atoms with Crippen molar-refractivity contribution < 1.29 is 14.3 Å². The van der Waals surface area contributed by atoms with E-state index in [1.165, 1.54) is 11.3 Å². The molecule has 2 fully saturated rings. The van der Waals surface area contributed by atoms with Crippen molar-refractivity contribution in [3.8, 4) is 0 Å². The van der Waals surface area contributed by atoms with E-state index >= 15 is 0 Å². The number of hydrogen-bond donors (Lipinski definition) is 0. The van der Waals surface area contributed by atoms with Gasteiger partial charge in [0, 0.05) is 13.1 Å². The van der Waals surface area contributed by atoms with Crippen LogP contribution in [0.2, 0.25) is 5.28 Å². The van der Waals surface area contributed by atoms with E-state index in [2.05, 4.69) is 14.9 Å². The molecule has 0 unspecified atom stereocenters. The average Bonchev–Trinajstić information content (AvgIpc) is 3.12. The average molecular weight is 341 g/mol. The summed E-state index contributed by atoms with van der Waals surface area (Å²) in [6.45, 7) is 3.83. The number of amides is 1. The Labute approximate surface area is 135 Å². The van der Waals surface area contributed by atoms with Crippen LogP contribution in [-0.2, 0) is 9.47 Å². The molecule has 2 aromatic rings. The Kier molecular flexibility index (Phi) is 3.51. The lowest BCUT2D eigenvalue weighted by Crippen LogP contribution is -2.36. The highest BCUT2D eigenvalue weighted by atomic mass is 35.5. The minimum atomic E-state index is -0.321. The molecule has 0 bridgehead atoms. The molecule has 9 heteroatoms. The van der Waals surface area contributed by atoms with Crippen LogP contribution in [0.4, 0.5) is 15.6 Å². The van der Waals surface area contributed by atoms with Gasteiger partial charge in [0.1, 0.15) is 11.6 Å². The molecule has 116 valence electrons. The van der Waals surface area contributed by atoms with Gasteiger partial charge in [-0.1, -0.05) is 0 Å². The lowest BCUT2D eigenvalue weighted by Gasteiger charge is -2.28. The van der Waals surface area contributed by atoms with Crippen LogP contribution >= 0.6 is 22.9 Å². The van der Waals surface area contributed by atoms with Crippen LogP contribution < -0.4 is 9.80 Å². The molecular formula is C13H13ClN4O3S. The highest BCUT2D eigenvalue weighted by Gasteiger charge is 2.27. The third kappa shape index (κ3) is 2.37. The van der Waals surface area contributed by atoms with E-state index in [1.807, 2.05) is 6.07 Å². The van der Waals surface area contributed by atoms with Crippen LogP contribution in [0, 0.1) is 0 Å². The van der Waals surface area contributed by atoms with Crippen molar-refractivity contribution in [2.75, 3.05) is 49.3 Å². The third-order valence-electron chi connectivity index (χ3n) is 3.65. The van der Waals surface area contributed by atoms with Gasteiger partial charge in [0.25, 0.3) is 0 Å². The summed E-state index contributed by atoms with van der Waals surface area (Å²) < 4.78 is 11.3. The minimum Gasteiger partial charge on any atom is -0.447 e. The number of carbonyl (C=O) groups excluding carboxylic acids is 1. The normalized spacial score (nSPS) is 19.0. The van der Waals surface area contributed by atoms with Gasteiger partial charge in [-0.25, -0.2) is 9.78 Å². The summed E-state index contributed by atoms with van der Waals surface area (Å²) in [7, 11) is 0. The lowest BCUT2D eigenvalue weighted by atomic mass is 10.3. The smallest absolute Gasteiger partial charge is 0.415 e. The number of nitrogens with zero attached hydrogens (tertiary/aromatic N) is 4. The molecule has 0 aliphatic carbocycles. The SMILES string of the molecule is O=C1OCCN1c1cc2nc(Cl)nc(N3CCOCC3)c2s1. The van der Waals surface area contributed by atoms with Crippen molar-refractivity contribution >= 4 is 50.1 Å². The largest absolute Gasteiger partial charge is 0.447 e. The van der Waals surface area contributed by atoms with E-state index in [0.29, 0.717) is 26.4 Å². The number of thiophene rings is 1. The Bertz CT molecular complexity index is 731. The first-order chi connectivity index (χ1) is 10.7. The number of rotatable bonds is 2. The van der Waals surface area contributed by atoms with Crippen molar-refractivity contribution in [3.63, 3.8) is 0 Å². The van der Waals surface area contributed by atoms with E-state index < -0.39 is 0 Å². The molecule has 4 heterocycles. The van der Waals surface area contributed by atoms with Crippen molar-refractivity contribution in [2.45, 2.75) is 0 Å². The maximum Gasteiger partial charge on any atom is 0.415 e. The fourth-order valence-electron chi connectivity index (χ4n) is 2.59. The number of fused-ring (bicyclic) bond motifs is 1. The van der Waals surface area contributed by atoms with Crippen LogP contribution in [0.5, 0.6) is 0 Å². The Hall–Kier alpha value is -1.64. The van der Waals surface area contributed by atoms with Gasteiger partial charge in [-0.3, -0.25) is 4.90 Å². The molecule has 2 aliphatic rings. The summed E-state index contributed by atoms with van der Waals surface area (Å²) in [6.07, 6.45) is -0.321. The Morgan fingerprint density at radius 1 is 1.18 bits per heavy atom. The van der Waals surface area contributed by atoms with Gasteiger partial charge in [0.05, 0.1) is 30.0 Å². The molecule has 0 N–H and O–H groups in total. The summed E-state index contributed by atoms with van der Waals surface area (Å²) in [5.74, 6) is 0.808. The van der Waals surface area contributed by atoms with Gasteiger partial charge in [-0.2, -0.15) is 4.98 Å². The van der Waals surface area contributed by atoms with Gasteiger partial charge >= 0.3 is 6.09 Å². The molecule has 2 aliphatic heterocycles. The Morgan fingerprint density at radius 3 is 2.73 bits per heavy atom. The second-order valence-electron chi connectivity index (χ2n) is 4.98.